The number of aryl methyl sites for hydroxylation is 1. The Morgan fingerprint density at radius 2 is 1.90 bits per heavy atom. The number of nitrogens with one attached hydrogen (secondary N) is 1. The van der Waals surface area contributed by atoms with Gasteiger partial charge in [0, 0.05) is 6.04 Å². The van der Waals surface area contributed by atoms with Gasteiger partial charge in [-0.2, -0.15) is 0 Å². The van der Waals surface area contributed by atoms with Crippen LogP contribution in [0.4, 0.5) is 0 Å². The first-order valence-corrected chi connectivity index (χ1v) is 8.85. The molecule has 2 aliphatic rings. The van der Waals surface area contributed by atoms with Crippen LogP contribution in [0.3, 0.4) is 0 Å². The highest BCUT2D eigenvalue weighted by atomic mass is 32.2. The predicted octanol–water partition coefficient (Wildman–Crippen LogP) is 1.61. The van der Waals surface area contributed by atoms with Gasteiger partial charge in [0.15, 0.2) is 0 Å². The highest BCUT2D eigenvalue weighted by Gasteiger charge is 2.35. The average Bonchev–Trinajstić information content (AvgIpc) is 2.47. The lowest BCUT2D eigenvalue weighted by Crippen LogP contribution is -2.49. The Morgan fingerprint density at radius 3 is 2.67 bits per heavy atom. The summed E-state index contributed by atoms with van der Waals surface area (Å²) in [4.78, 5) is 0.324. The van der Waals surface area contributed by atoms with Crippen molar-refractivity contribution >= 4 is 10.0 Å². The first-order valence-electron chi connectivity index (χ1n) is 7.37. The average molecular weight is 311 g/mol. The molecule has 2 fully saturated rings. The van der Waals surface area contributed by atoms with E-state index in [2.05, 4.69) is 4.72 Å². The fraction of sp³-hybridized carbons (Fsp3) is 0.600. The summed E-state index contributed by atoms with van der Waals surface area (Å²) in [6.45, 7) is 3.12. The van der Waals surface area contributed by atoms with Crippen LogP contribution in [-0.2, 0) is 19.5 Å². The van der Waals surface area contributed by atoms with Crippen LogP contribution in [-0.4, -0.2) is 39.9 Å². The molecule has 1 aliphatic heterocycles. The van der Waals surface area contributed by atoms with E-state index in [1.54, 1.807) is 18.2 Å². The van der Waals surface area contributed by atoms with Crippen LogP contribution >= 0.6 is 0 Å². The summed E-state index contributed by atoms with van der Waals surface area (Å²) in [7, 11) is -3.47. The van der Waals surface area contributed by atoms with E-state index < -0.39 is 10.0 Å². The topological polar surface area (TPSA) is 64.6 Å². The van der Waals surface area contributed by atoms with Crippen LogP contribution in [0.5, 0.6) is 0 Å². The zero-order valence-corrected chi connectivity index (χ0v) is 12.9. The molecule has 116 valence electrons. The third-order valence-corrected chi connectivity index (χ3v) is 5.62. The van der Waals surface area contributed by atoms with E-state index in [1.165, 1.54) is 0 Å². The molecule has 1 aromatic rings. The second-order valence-corrected chi connectivity index (χ2v) is 7.48. The maximum absolute atomic E-state index is 12.4. The Bertz CT molecular complexity index is 601. The van der Waals surface area contributed by atoms with Crippen molar-refractivity contribution in [2.24, 2.45) is 0 Å². The Balaban J connectivity index is 1.68. The number of rotatable bonds is 3. The molecule has 0 spiro atoms. The van der Waals surface area contributed by atoms with Gasteiger partial charge in [-0.05, 0) is 43.9 Å². The van der Waals surface area contributed by atoms with Crippen molar-refractivity contribution in [2.75, 3.05) is 13.2 Å². The molecular weight excluding hydrogens is 290 g/mol. The standard InChI is InChI=1S/C15H21NO4S/c1-11-3-2-4-13(9-11)21(17,18)16-12-5-6-14-15(10-12)20-8-7-19-14/h2-4,9,12,14-16H,5-8,10H2,1H3. The van der Waals surface area contributed by atoms with E-state index in [0.717, 1.165) is 18.4 Å². The Labute approximate surface area is 125 Å². The summed E-state index contributed by atoms with van der Waals surface area (Å²) in [6, 6.07) is 6.88. The number of sulfonamides is 1. The molecule has 1 aliphatic carbocycles. The van der Waals surface area contributed by atoms with Gasteiger partial charge in [0.25, 0.3) is 0 Å². The van der Waals surface area contributed by atoms with Crippen LogP contribution in [0, 0.1) is 6.92 Å². The van der Waals surface area contributed by atoms with E-state index in [-0.39, 0.29) is 18.2 Å². The quantitative estimate of drug-likeness (QED) is 0.921. The molecule has 6 heteroatoms. The summed E-state index contributed by atoms with van der Waals surface area (Å²) in [5, 5.41) is 0. The largest absolute Gasteiger partial charge is 0.373 e. The minimum atomic E-state index is -3.47. The van der Waals surface area contributed by atoms with Crippen LogP contribution in [0.1, 0.15) is 24.8 Å². The van der Waals surface area contributed by atoms with Gasteiger partial charge in [-0.3, -0.25) is 0 Å². The molecule has 5 nitrogen and oxygen atoms in total. The van der Waals surface area contributed by atoms with Gasteiger partial charge in [0.1, 0.15) is 0 Å². The molecule has 0 amide bonds. The second-order valence-electron chi connectivity index (χ2n) is 5.77. The summed E-state index contributed by atoms with van der Waals surface area (Å²) < 4.78 is 39.0. The molecule has 3 rings (SSSR count). The van der Waals surface area contributed by atoms with E-state index in [9.17, 15) is 8.42 Å². The number of ether oxygens (including phenoxy) is 2. The molecule has 0 bridgehead atoms. The van der Waals surface area contributed by atoms with Gasteiger partial charge in [-0.25, -0.2) is 13.1 Å². The van der Waals surface area contributed by atoms with Crippen molar-refractivity contribution in [3.8, 4) is 0 Å². The van der Waals surface area contributed by atoms with Crippen molar-refractivity contribution in [2.45, 2.75) is 49.3 Å². The molecule has 0 radical (unpaired) electrons. The van der Waals surface area contributed by atoms with Crippen LogP contribution < -0.4 is 4.72 Å². The van der Waals surface area contributed by atoms with Crippen molar-refractivity contribution in [3.63, 3.8) is 0 Å². The first kappa shape index (κ1) is 15.0. The van der Waals surface area contributed by atoms with Crippen molar-refractivity contribution in [1.29, 1.82) is 0 Å². The van der Waals surface area contributed by atoms with Gasteiger partial charge in [-0.15, -0.1) is 0 Å². The molecule has 1 saturated heterocycles. The first-order chi connectivity index (χ1) is 10.0. The van der Waals surface area contributed by atoms with E-state index in [4.69, 9.17) is 9.47 Å². The number of fused-ring (bicyclic) bond motifs is 1. The highest BCUT2D eigenvalue weighted by molar-refractivity contribution is 7.89. The highest BCUT2D eigenvalue weighted by Crippen LogP contribution is 2.27. The molecule has 0 aromatic heterocycles. The predicted molar refractivity (Wildman–Crippen MR) is 78.6 cm³/mol. The lowest BCUT2D eigenvalue weighted by Gasteiger charge is -2.38. The maximum atomic E-state index is 12.4. The smallest absolute Gasteiger partial charge is 0.240 e. The van der Waals surface area contributed by atoms with E-state index in [1.807, 2.05) is 13.0 Å². The fourth-order valence-corrected chi connectivity index (χ4v) is 4.43. The van der Waals surface area contributed by atoms with Crippen molar-refractivity contribution in [1.82, 2.24) is 4.72 Å². The third kappa shape index (κ3) is 3.45. The summed E-state index contributed by atoms with van der Waals surface area (Å²) in [5.74, 6) is 0. The minimum Gasteiger partial charge on any atom is -0.373 e. The third-order valence-electron chi connectivity index (χ3n) is 4.10. The van der Waals surface area contributed by atoms with Gasteiger partial charge >= 0.3 is 0 Å². The number of hydrogen-bond donors (Lipinski definition) is 1. The monoisotopic (exact) mass is 311 g/mol. The van der Waals surface area contributed by atoms with Crippen LogP contribution in [0.2, 0.25) is 0 Å². The van der Waals surface area contributed by atoms with E-state index >= 15 is 0 Å². The molecule has 21 heavy (non-hydrogen) atoms. The summed E-state index contributed by atoms with van der Waals surface area (Å²) >= 11 is 0. The van der Waals surface area contributed by atoms with Crippen LogP contribution in [0.15, 0.2) is 29.2 Å². The van der Waals surface area contributed by atoms with Gasteiger partial charge in [0.2, 0.25) is 10.0 Å². The zero-order chi connectivity index (χ0) is 14.9. The molecular formula is C15H21NO4S. The normalized spacial score (nSPS) is 29.9. The number of benzene rings is 1. The SMILES string of the molecule is Cc1cccc(S(=O)(=O)NC2CCC3OCCOC3C2)c1. The Morgan fingerprint density at radius 1 is 1.14 bits per heavy atom. The van der Waals surface area contributed by atoms with Crippen LogP contribution in [0.25, 0.3) is 0 Å². The molecule has 1 N–H and O–H groups in total. The number of hydrogen-bond acceptors (Lipinski definition) is 4. The lowest BCUT2D eigenvalue weighted by molar-refractivity contribution is -0.156. The van der Waals surface area contributed by atoms with Gasteiger partial charge in [-0.1, -0.05) is 12.1 Å². The molecule has 1 aromatic carbocycles. The minimum absolute atomic E-state index is 0.0118. The van der Waals surface area contributed by atoms with Gasteiger partial charge < -0.3 is 9.47 Å². The Hall–Kier alpha value is -0.950. The van der Waals surface area contributed by atoms with Crippen molar-refractivity contribution in [3.05, 3.63) is 29.8 Å². The van der Waals surface area contributed by atoms with Crippen molar-refractivity contribution < 1.29 is 17.9 Å². The fourth-order valence-electron chi connectivity index (χ4n) is 3.04. The Kier molecular flexibility index (Phi) is 4.31. The lowest BCUT2D eigenvalue weighted by atomic mass is 9.90. The summed E-state index contributed by atoms with van der Waals surface area (Å²) in [6.07, 6.45) is 2.44. The zero-order valence-electron chi connectivity index (χ0n) is 12.1. The van der Waals surface area contributed by atoms with Gasteiger partial charge in [0.05, 0.1) is 30.3 Å². The second kappa shape index (κ2) is 6.04. The molecule has 3 atom stereocenters. The molecule has 1 heterocycles. The molecule has 3 unspecified atom stereocenters. The molecule has 1 saturated carbocycles. The summed E-state index contributed by atoms with van der Waals surface area (Å²) in [5.41, 5.74) is 0.936. The maximum Gasteiger partial charge on any atom is 0.240 e. The van der Waals surface area contributed by atoms with E-state index in [0.29, 0.717) is 24.5 Å².